The minimum absolute atomic E-state index is 0. The summed E-state index contributed by atoms with van der Waals surface area (Å²) >= 11 is 0. The Hall–Kier alpha value is -1.06. The molecule has 2 rings (SSSR count). The second-order valence-electron chi connectivity index (χ2n) is 2.20. The van der Waals surface area contributed by atoms with Crippen LogP contribution in [-0.4, -0.2) is 15.2 Å². The Labute approximate surface area is 88.4 Å². The Bertz CT molecular complexity index is 320. The lowest BCUT2D eigenvalue weighted by Gasteiger charge is -1.91. The molecule has 2 heterocycles. The maximum absolute atomic E-state index is 4.16. The SMILES string of the molecule is Cl.Cl.c1ccc(-c2cn[nH]c2)nc1. The van der Waals surface area contributed by atoms with Crippen LogP contribution in [0.25, 0.3) is 11.3 Å². The van der Waals surface area contributed by atoms with E-state index in [0.29, 0.717) is 0 Å². The first-order chi connectivity index (χ1) is 5.47. The van der Waals surface area contributed by atoms with E-state index in [2.05, 4.69) is 15.2 Å². The lowest BCUT2D eigenvalue weighted by atomic mass is 10.2. The number of aromatic nitrogens is 3. The smallest absolute Gasteiger partial charge is 0.0733 e. The molecular formula is C8H9Cl2N3. The van der Waals surface area contributed by atoms with E-state index in [1.54, 1.807) is 12.4 Å². The van der Waals surface area contributed by atoms with Gasteiger partial charge in [-0.05, 0) is 12.1 Å². The maximum atomic E-state index is 4.16. The van der Waals surface area contributed by atoms with Crippen molar-refractivity contribution in [2.75, 3.05) is 0 Å². The zero-order valence-electron chi connectivity index (χ0n) is 6.68. The number of halogens is 2. The summed E-state index contributed by atoms with van der Waals surface area (Å²) in [4.78, 5) is 4.16. The van der Waals surface area contributed by atoms with Crippen LogP contribution in [0.5, 0.6) is 0 Å². The summed E-state index contributed by atoms with van der Waals surface area (Å²) in [6.07, 6.45) is 5.34. The van der Waals surface area contributed by atoms with Crippen molar-refractivity contribution in [1.29, 1.82) is 0 Å². The van der Waals surface area contributed by atoms with Crippen LogP contribution in [0.1, 0.15) is 0 Å². The molecule has 0 saturated heterocycles. The minimum atomic E-state index is 0. The van der Waals surface area contributed by atoms with E-state index in [1.165, 1.54) is 0 Å². The summed E-state index contributed by atoms with van der Waals surface area (Å²) in [5.41, 5.74) is 1.96. The van der Waals surface area contributed by atoms with Crippen molar-refractivity contribution in [2.45, 2.75) is 0 Å². The molecule has 0 fully saturated rings. The Kier molecular flexibility index (Phi) is 5.11. The highest BCUT2D eigenvalue weighted by molar-refractivity contribution is 5.85. The molecule has 0 aliphatic carbocycles. The monoisotopic (exact) mass is 217 g/mol. The van der Waals surface area contributed by atoms with Gasteiger partial charge < -0.3 is 0 Å². The molecule has 1 N–H and O–H groups in total. The lowest BCUT2D eigenvalue weighted by molar-refractivity contribution is 1.09. The Morgan fingerprint density at radius 1 is 1.15 bits per heavy atom. The van der Waals surface area contributed by atoms with Crippen molar-refractivity contribution in [3.63, 3.8) is 0 Å². The van der Waals surface area contributed by atoms with Gasteiger partial charge in [0.1, 0.15) is 0 Å². The van der Waals surface area contributed by atoms with Crippen molar-refractivity contribution in [1.82, 2.24) is 15.2 Å². The van der Waals surface area contributed by atoms with Gasteiger partial charge in [0, 0.05) is 18.0 Å². The highest BCUT2D eigenvalue weighted by atomic mass is 35.5. The topological polar surface area (TPSA) is 41.6 Å². The fourth-order valence-electron chi connectivity index (χ4n) is 0.924. The maximum Gasteiger partial charge on any atom is 0.0733 e. The van der Waals surface area contributed by atoms with E-state index in [4.69, 9.17) is 0 Å². The van der Waals surface area contributed by atoms with Gasteiger partial charge in [-0.3, -0.25) is 10.1 Å². The van der Waals surface area contributed by atoms with Crippen LogP contribution >= 0.6 is 24.8 Å². The summed E-state index contributed by atoms with van der Waals surface area (Å²) < 4.78 is 0. The molecule has 5 heteroatoms. The third-order valence-electron chi connectivity index (χ3n) is 1.46. The number of pyridine rings is 1. The van der Waals surface area contributed by atoms with Crippen molar-refractivity contribution in [3.8, 4) is 11.3 Å². The predicted molar refractivity (Wildman–Crippen MR) is 56.3 cm³/mol. The zero-order chi connectivity index (χ0) is 7.52. The number of rotatable bonds is 1. The Morgan fingerprint density at radius 2 is 2.00 bits per heavy atom. The summed E-state index contributed by atoms with van der Waals surface area (Å²) in [6.45, 7) is 0. The number of nitrogens with one attached hydrogen (secondary N) is 1. The molecule has 0 spiro atoms. The van der Waals surface area contributed by atoms with Gasteiger partial charge in [-0.25, -0.2) is 0 Å². The first kappa shape index (κ1) is 11.9. The first-order valence-corrected chi connectivity index (χ1v) is 3.37. The largest absolute Gasteiger partial charge is 0.285 e. The van der Waals surface area contributed by atoms with E-state index in [9.17, 15) is 0 Å². The van der Waals surface area contributed by atoms with E-state index in [-0.39, 0.29) is 24.8 Å². The lowest BCUT2D eigenvalue weighted by Crippen LogP contribution is -1.76. The van der Waals surface area contributed by atoms with Crippen LogP contribution < -0.4 is 0 Å². The van der Waals surface area contributed by atoms with Crippen LogP contribution in [0.2, 0.25) is 0 Å². The molecule has 0 aliphatic rings. The average Bonchev–Trinajstić information content (AvgIpc) is 2.58. The first-order valence-electron chi connectivity index (χ1n) is 3.37. The van der Waals surface area contributed by atoms with Crippen LogP contribution in [0, 0.1) is 0 Å². The Morgan fingerprint density at radius 3 is 2.54 bits per heavy atom. The van der Waals surface area contributed by atoms with Gasteiger partial charge in [0.25, 0.3) is 0 Å². The van der Waals surface area contributed by atoms with Crippen LogP contribution in [0.3, 0.4) is 0 Å². The predicted octanol–water partition coefficient (Wildman–Crippen LogP) is 2.32. The summed E-state index contributed by atoms with van der Waals surface area (Å²) in [5.74, 6) is 0. The summed E-state index contributed by atoms with van der Waals surface area (Å²) in [6, 6.07) is 5.80. The molecule has 0 aliphatic heterocycles. The van der Waals surface area contributed by atoms with Gasteiger partial charge in [0.2, 0.25) is 0 Å². The molecule has 0 atom stereocenters. The number of aromatic amines is 1. The van der Waals surface area contributed by atoms with Gasteiger partial charge in [-0.15, -0.1) is 24.8 Å². The highest BCUT2D eigenvalue weighted by Crippen LogP contribution is 2.12. The van der Waals surface area contributed by atoms with Crippen LogP contribution in [0.4, 0.5) is 0 Å². The fourth-order valence-corrected chi connectivity index (χ4v) is 0.924. The molecule has 13 heavy (non-hydrogen) atoms. The minimum Gasteiger partial charge on any atom is -0.285 e. The fraction of sp³-hybridized carbons (Fsp3) is 0. The quantitative estimate of drug-likeness (QED) is 0.797. The van der Waals surface area contributed by atoms with Crippen molar-refractivity contribution in [2.24, 2.45) is 0 Å². The average molecular weight is 218 g/mol. The van der Waals surface area contributed by atoms with Gasteiger partial charge in [-0.2, -0.15) is 5.10 Å². The molecule has 0 unspecified atom stereocenters. The highest BCUT2D eigenvalue weighted by Gasteiger charge is 1.96. The third-order valence-corrected chi connectivity index (χ3v) is 1.46. The number of nitrogens with zero attached hydrogens (tertiary/aromatic N) is 2. The second kappa shape index (κ2) is 5.56. The summed E-state index contributed by atoms with van der Waals surface area (Å²) in [5, 5.41) is 6.57. The molecule has 2 aromatic rings. The van der Waals surface area contributed by atoms with Crippen molar-refractivity contribution in [3.05, 3.63) is 36.8 Å². The molecule has 2 aromatic heterocycles. The molecule has 0 amide bonds. The Balaban J connectivity index is 0.000000720. The van der Waals surface area contributed by atoms with Gasteiger partial charge in [0.15, 0.2) is 0 Å². The van der Waals surface area contributed by atoms with Crippen LogP contribution in [-0.2, 0) is 0 Å². The molecule has 3 nitrogen and oxygen atoms in total. The van der Waals surface area contributed by atoms with Crippen LogP contribution in [0.15, 0.2) is 36.8 Å². The van der Waals surface area contributed by atoms with Gasteiger partial charge in [0.05, 0.1) is 11.9 Å². The molecule has 0 saturated carbocycles. The normalized spacial score (nSPS) is 8.31. The number of hydrogen-bond donors (Lipinski definition) is 1. The van der Waals surface area contributed by atoms with E-state index < -0.39 is 0 Å². The number of hydrogen-bond acceptors (Lipinski definition) is 2. The molecule has 0 bridgehead atoms. The third kappa shape index (κ3) is 2.72. The van der Waals surface area contributed by atoms with E-state index in [1.807, 2.05) is 24.4 Å². The molecular weight excluding hydrogens is 209 g/mol. The summed E-state index contributed by atoms with van der Waals surface area (Å²) in [7, 11) is 0. The van der Waals surface area contributed by atoms with Crippen molar-refractivity contribution >= 4 is 24.8 Å². The van der Waals surface area contributed by atoms with Gasteiger partial charge >= 0.3 is 0 Å². The van der Waals surface area contributed by atoms with Crippen molar-refractivity contribution < 1.29 is 0 Å². The zero-order valence-corrected chi connectivity index (χ0v) is 8.31. The number of H-pyrrole nitrogens is 1. The molecule has 0 aromatic carbocycles. The standard InChI is InChI=1S/C8H7N3.2ClH/c1-2-4-9-8(3-1)7-5-10-11-6-7;;/h1-6H,(H,10,11);2*1H. The van der Waals surface area contributed by atoms with Gasteiger partial charge in [-0.1, -0.05) is 6.07 Å². The molecule has 0 radical (unpaired) electrons. The van der Waals surface area contributed by atoms with E-state index in [0.717, 1.165) is 11.3 Å². The second-order valence-corrected chi connectivity index (χ2v) is 2.20. The molecule has 70 valence electrons. The van der Waals surface area contributed by atoms with E-state index >= 15 is 0 Å².